The molecule has 0 bridgehead atoms. The van der Waals surface area contributed by atoms with Crippen LogP contribution < -0.4 is 10.5 Å². The molecule has 0 atom stereocenters. The maximum atomic E-state index is 6.22. The van der Waals surface area contributed by atoms with E-state index >= 15 is 0 Å². The van der Waals surface area contributed by atoms with Crippen LogP contribution in [-0.4, -0.2) is 32.9 Å². The number of para-hydroxylation sites is 1. The number of benzene rings is 1. The summed E-state index contributed by atoms with van der Waals surface area (Å²) in [6.45, 7) is 8.37. The SMILES string of the molecule is CCOCc1nc2c(N)nc3ccccc3c2n1CCCCSNC(C)C. The number of nitrogens with two attached hydrogens (primary N) is 1. The van der Waals surface area contributed by atoms with Gasteiger partial charge in [-0.3, -0.25) is 4.72 Å². The van der Waals surface area contributed by atoms with E-state index in [0.717, 1.165) is 52.9 Å². The van der Waals surface area contributed by atoms with Gasteiger partial charge in [-0.15, -0.1) is 0 Å². The Morgan fingerprint density at radius 3 is 2.81 bits per heavy atom. The molecule has 7 heteroatoms. The van der Waals surface area contributed by atoms with Gasteiger partial charge in [-0.2, -0.15) is 0 Å². The van der Waals surface area contributed by atoms with Crippen LogP contribution in [0.25, 0.3) is 21.9 Å². The van der Waals surface area contributed by atoms with E-state index in [2.05, 4.69) is 34.2 Å². The molecule has 0 aliphatic carbocycles. The summed E-state index contributed by atoms with van der Waals surface area (Å²) >= 11 is 1.80. The van der Waals surface area contributed by atoms with Crippen molar-refractivity contribution in [3.8, 4) is 0 Å². The first-order valence-corrected chi connectivity index (χ1v) is 10.6. The van der Waals surface area contributed by atoms with E-state index in [9.17, 15) is 0 Å². The number of unbranched alkanes of at least 4 members (excludes halogenated alkanes) is 1. The molecule has 6 nitrogen and oxygen atoms in total. The van der Waals surface area contributed by atoms with Crippen LogP contribution in [0.5, 0.6) is 0 Å². The number of hydrogen-bond donors (Lipinski definition) is 2. The molecule has 0 saturated heterocycles. The average molecular weight is 388 g/mol. The van der Waals surface area contributed by atoms with Gasteiger partial charge >= 0.3 is 0 Å². The number of aromatic nitrogens is 3. The smallest absolute Gasteiger partial charge is 0.152 e. The number of aryl methyl sites for hydroxylation is 1. The van der Waals surface area contributed by atoms with Crippen molar-refractivity contribution in [1.82, 2.24) is 19.3 Å². The van der Waals surface area contributed by atoms with Gasteiger partial charge in [0.15, 0.2) is 5.82 Å². The van der Waals surface area contributed by atoms with Gasteiger partial charge in [0.25, 0.3) is 0 Å². The maximum absolute atomic E-state index is 6.22. The number of nitrogen functional groups attached to an aromatic ring is 1. The third-order valence-electron chi connectivity index (χ3n) is 4.32. The number of anilines is 1. The van der Waals surface area contributed by atoms with Crippen molar-refractivity contribution >= 4 is 39.7 Å². The van der Waals surface area contributed by atoms with E-state index in [1.165, 1.54) is 0 Å². The molecule has 0 aliphatic rings. The van der Waals surface area contributed by atoms with Gasteiger partial charge in [0.05, 0.1) is 11.0 Å². The van der Waals surface area contributed by atoms with Gasteiger partial charge in [-0.05, 0) is 39.7 Å². The predicted molar refractivity (Wildman–Crippen MR) is 115 cm³/mol. The summed E-state index contributed by atoms with van der Waals surface area (Å²) in [5.41, 5.74) is 8.97. The molecule has 0 amide bonds. The molecule has 3 N–H and O–H groups in total. The molecular formula is C20H29N5OS. The molecular weight excluding hydrogens is 358 g/mol. The summed E-state index contributed by atoms with van der Waals surface area (Å²) in [5, 5.41) is 1.09. The van der Waals surface area contributed by atoms with Gasteiger partial charge in [0.2, 0.25) is 0 Å². The molecule has 0 saturated carbocycles. The predicted octanol–water partition coefficient (Wildman–Crippen LogP) is 4.13. The van der Waals surface area contributed by atoms with Crippen LogP contribution in [-0.2, 0) is 17.9 Å². The topological polar surface area (TPSA) is 78.0 Å². The highest BCUT2D eigenvalue weighted by atomic mass is 32.2. The molecule has 0 unspecified atom stereocenters. The van der Waals surface area contributed by atoms with Crippen molar-refractivity contribution < 1.29 is 4.74 Å². The summed E-state index contributed by atoms with van der Waals surface area (Å²) in [6.07, 6.45) is 2.21. The highest BCUT2D eigenvalue weighted by molar-refractivity contribution is 7.97. The lowest BCUT2D eigenvalue weighted by molar-refractivity contribution is 0.126. The summed E-state index contributed by atoms with van der Waals surface area (Å²) in [6, 6.07) is 8.62. The fourth-order valence-corrected chi connectivity index (χ4v) is 3.92. The zero-order valence-corrected chi connectivity index (χ0v) is 17.2. The highest BCUT2D eigenvalue weighted by Gasteiger charge is 2.17. The molecule has 27 heavy (non-hydrogen) atoms. The Morgan fingerprint density at radius 1 is 1.22 bits per heavy atom. The Morgan fingerprint density at radius 2 is 2.04 bits per heavy atom. The van der Waals surface area contributed by atoms with Crippen LogP contribution in [0, 0.1) is 0 Å². The third-order valence-corrected chi connectivity index (χ3v) is 5.45. The third kappa shape index (κ3) is 4.72. The summed E-state index contributed by atoms with van der Waals surface area (Å²) in [5.74, 6) is 2.50. The Bertz CT molecular complexity index is 893. The molecule has 0 spiro atoms. The zero-order valence-electron chi connectivity index (χ0n) is 16.4. The second-order valence-corrected chi connectivity index (χ2v) is 7.79. The minimum absolute atomic E-state index is 0.483. The number of nitrogens with one attached hydrogen (secondary N) is 1. The molecule has 0 radical (unpaired) electrons. The van der Waals surface area contributed by atoms with Crippen molar-refractivity contribution in [2.45, 2.75) is 52.8 Å². The van der Waals surface area contributed by atoms with Crippen LogP contribution in [0.3, 0.4) is 0 Å². The maximum Gasteiger partial charge on any atom is 0.152 e. The molecule has 2 aromatic heterocycles. The Hall–Kier alpha value is -1.83. The first-order chi connectivity index (χ1) is 13.1. The monoisotopic (exact) mass is 387 g/mol. The van der Waals surface area contributed by atoms with Crippen molar-refractivity contribution in [1.29, 1.82) is 0 Å². The van der Waals surface area contributed by atoms with E-state index in [1.807, 2.05) is 25.1 Å². The van der Waals surface area contributed by atoms with E-state index in [0.29, 0.717) is 25.1 Å². The quantitative estimate of drug-likeness (QED) is 0.402. The van der Waals surface area contributed by atoms with Crippen LogP contribution >= 0.6 is 11.9 Å². The molecule has 3 rings (SSSR count). The van der Waals surface area contributed by atoms with Gasteiger partial charge in [0, 0.05) is 30.3 Å². The summed E-state index contributed by atoms with van der Waals surface area (Å²) in [7, 11) is 0. The van der Waals surface area contributed by atoms with Crippen LogP contribution in [0.2, 0.25) is 0 Å². The van der Waals surface area contributed by atoms with E-state index in [1.54, 1.807) is 11.9 Å². The molecule has 0 fully saturated rings. The van der Waals surface area contributed by atoms with Gasteiger partial charge in [-0.1, -0.05) is 30.1 Å². The first kappa shape index (κ1) is 19.9. The summed E-state index contributed by atoms with van der Waals surface area (Å²) < 4.78 is 11.3. The lowest BCUT2D eigenvalue weighted by Crippen LogP contribution is -2.14. The van der Waals surface area contributed by atoms with E-state index < -0.39 is 0 Å². The van der Waals surface area contributed by atoms with E-state index in [4.69, 9.17) is 15.5 Å². The number of imidazole rings is 1. The Balaban J connectivity index is 1.88. The minimum atomic E-state index is 0.483. The number of ether oxygens (including phenoxy) is 1. The van der Waals surface area contributed by atoms with Crippen molar-refractivity contribution in [3.05, 3.63) is 30.1 Å². The average Bonchev–Trinajstić information content (AvgIpc) is 3.02. The standard InChI is InChI=1S/C20H29N5OS/c1-4-26-13-17-23-18-19(15-9-5-6-10-16(15)22-20(18)21)25(17)11-7-8-12-27-24-14(2)3/h5-6,9-10,14,24H,4,7-8,11-13H2,1-3H3,(H2,21,22). The van der Waals surface area contributed by atoms with Crippen LogP contribution in [0.4, 0.5) is 5.82 Å². The molecule has 146 valence electrons. The molecule has 1 aromatic carbocycles. The fourth-order valence-electron chi connectivity index (χ4n) is 3.12. The number of pyridine rings is 1. The molecule has 2 heterocycles. The van der Waals surface area contributed by atoms with Gasteiger partial charge < -0.3 is 15.0 Å². The number of hydrogen-bond acceptors (Lipinski definition) is 6. The van der Waals surface area contributed by atoms with Crippen LogP contribution in [0.15, 0.2) is 24.3 Å². The van der Waals surface area contributed by atoms with Gasteiger partial charge in [0.1, 0.15) is 17.9 Å². The number of nitrogens with zero attached hydrogens (tertiary/aromatic N) is 3. The highest BCUT2D eigenvalue weighted by Crippen LogP contribution is 2.29. The first-order valence-electron chi connectivity index (χ1n) is 9.60. The Labute approximate surface area is 165 Å². The summed E-state index contributed by atoms with van der Waals surface area (Å²) in [4.78, 5) is 9.30. The Kier molecular flexibility index (Phi) is 6.93. The fraction of sp³-hybridized carbons (Fsp3) is 0.500. The second kappa shape index (κ2) is 9.39. The van der Waals surface area contributed by atoms with E-state index in [-0.39, 0.29) is 0 Å². The minimum Gasteiger partial charge on any atom is -0.382 e. The normalized spacial score (nSPS) is 11.9. The molecule has 3 aromatic rings. The number of fused-ring (bicyclic) bond motifs is 3. The van der Waals surface area contributed by atoms with Crippen molar-refractivity contribution in [2.75, 3.05) is 18.1 Å². The second-order valence-electron chi connectivity index (χ2n) is 6.86. The lowest BCUT2D eigenvalue weighted by Gasteiger charge is -2.11. The number of rotatable bonds is 10. The zero-order chi connectivity index (χ0) is 19.2. The van der Waals surface area contributed by atoms with Gasteiger partial charge in [-0.25, -0.2) is 9.97 Å². The van der Waals surface area contributed by atoms with Crippen molar-refractivity contribution in [3.63, 3.8) is 0 Å². The van der Waals surface area contributed by atoms with Crippen LogP contribution in [0.1, 0.15) is 39.4 Å². The molecule has 0 aliphatic heterocycles. The van der Waals surface area contributed by atoms with Crippen molar-refractivity contribution in [2.24, 2.45) is 0 Å². The largest absolute Gasteiger partial charge is 0.382 e. The lowest BCUT2D eigenvalue weighted by atomic mass is 10.2.